The van der Waals surface area contributed by atoms with Crippen molar-refractivity contribution < 1.29 is 4.79 Å². The van der Waals surface area contributed by atoms with Crippen molar-refractivity contribution in [2.24, 2.45) is 5.92 Å². The van der Waals surface area contributed by atoms with E-state index in [1.807, 2.05) is 20.0 Å². The first-order valence-corrected chi connectivity index (χ1v) is 6.57. The van der Waals surface area contributed by atoms with Gasteiger partial charge in [-0.2, -0.15) is 0 Å². The maximum Gasteiger partial charge on any atom is 0.138 e. The zero-order valence-corrected chi connectivity index (χ0v) is 10.9. The van der Waals surface area contributed by atoms with E-state index in [2.05, 4.69) is 16.8 Å². The van der Waals surface area contributed by atoms with Crippen LogP contribution < -0.4 is 0 Å². The number of nitrogens with zero attached hydrogens (tertiary/aromatic N) is 2. The number of rotatable bonds is 2. The molecule has 16 heavy (non-hydrogen) atoms. The predicted molar refractivity (Wildman–Crippen MR) is 65.5 cm³/mol. The van der Waals surface area contributed by atoms with Crippen LogP contribution in [0.3, 0.4) is 0 Å². The van der Waals surface area contributed by atoms with Crippen LogP contribution in [0.1, 0.15) is 30.2 Å². The number of thiazole rings is 1. The van der Waals surface area contributed by atoms with Crippen molar-refractivity contribution >= 4 is 17.1 Å². The van der Waals surface area contributed by atoms with Crippen LogP contribution in [-0.4, -0.2) is 28.3 Å². The number of carbonyl (C=O) groups is 1. The van der Waals surface area contributed by atoms with Crippen LogP contribution in [0.4, 0.5) is 0 Å². The van der Waals surface area contributed by atoms with Gasteiger partial charge in [-0.1, -0.05) is 6.92 Å². The monoisotopic (exact) mass is 238 g/mol. The molecule has 4 heteroatoms. The highest BCUT2D eigenvalue weighted by Crippen LogP contribution is 2.23. The number of carbonyl (C=O) groups excluding carboxylic acids is 1. The van der Waals surface area contributed by atoms with Gasteiger partial charge in [-0.25, -0.2) is 4.98 Å². The van der Waals surface area contributed by atoms with E-state index in [9.17, 15) is 4.79 Å². The third kappa shape index (κ3) is 2.33. The second-order valence-corrected chi connectivity index (χ2v) is 5.88. The minimum Gasteiger partial charge on any atom is -0.299 e. The number of likely N-dealkylation sites (tertiary alicyclic amines) is 1. The van der Waals surface area contributed by atoms with E-state index < -0.39 is 0 Å². The largest absolute Gasteiger partial charge is 0.299 e. The van der Waals surface area contributed by atoms with E-state index in [1.165, 1.54) is 4.88 Å². The molecule has 2 rings (SSSR count). The van der Waals surface area contributed by atoms with Gasteiger partial charge >= 0.3 is 0 Å². The number of aromatic nitrogens is 1. The van der Waals surface area contributed by atoms with Gasteiger partial charge in [0.1, 0.15) is 5.78 Å². The van der Waals surface area contributed by atoms with Crippen molar-refractivity contribution in [3.8, 4) is 0 Å². The Morgan fingerprint density at radius 1 is 1.56 bits per heavy atom. The standard InChI is InChI=1S/C12H18N2OS/c1-8-9(2)14(5-4-12(8)15)7-11-6-13-10(3)16-11/h6,8-9H,4-5,7H2,1-3H3. The molecule has 1 aliphatic heterocycles. The van der Waals surface area contributed by atoms with Crippen LogP contribution in [0, 0.1) is 12.8 Å². The maximum absolute atomic E-state index is 11.6. The molecule has 2 atom stereocenters. The Morgan fingerprint density at radius 3 is 2.94 bits per heavy atom. The van der Waals surface area contributed by atoms with E-state index in [-0.39, 0.29) is 5.92 Å². The molecular formula is C12H18N2OS. The fourth-order valence-corrected chi connectivity index (χ4v) is 2.99. The Kier molecular flexibility index (Phi) is 3.40. The Bertz CT molecular complexity index is 388. The van der Waals surface area contributed by atoms with Gasteiger partial charge in [0.05, 0.1) is 5.01 Å². The fraction of sp³-hybridized carbons (Fsp3) is 0.667. The molecule has 2 heterocycles. The van der Waals surface area contributed by atoms with E-state index >= 15 is 0 Å². The molecule has 3 nitrogen and oxygen atoms in total. The van der Waals surface area contributed by atoms with Gasteiger partial charge in [-0.3, -0.25) is 9.69 Å². The molecule has 0 N–H and O–H groups in total. The highest BCUT2D eigenvalue weighted by Gasteiger charge is 2.30. The molecule has 1 aromatic heterocycles. The number of piperidine rings is 1. The van der Waals surface area contributed by atoms with Crippen LogP contribution >= 0.6 is 11.3 Å². The molecule has 0 bridgehead atoms. The first-order chi connectivity index (χ1) is 7.58. The maximum atomic E-state index is 11.6. The van der Waals surface area contributed by atoms with Gasteiger partial charge in [0.2, 0.25) is 0 Å². The Balaban J connectivity index is 2.02. The van der Waals surface area contributed by atoms with Crippen LogP contribution in [0.2, 0.25) is 0 Å². The molecular weight excluding hydrogens is 220 g/mol. The molecule has 1 aromatic rings. The summed E-state index contributed by atoms with van der Waals surface area (Å²) in [6, 6.07) is 0.351. The summed E-state index contributed by atoms with van der Waals surface area (Å²) in [5.74, 6) is 0.576. The normalized spacial score (nSPS) is 27.3. The quantitative estimate of drug-likeness (QED) is 0.792. The number of Topliss-reactive ketones (excluding diaryl/α,β-unsaturated/α-hetero) is 1. The summed E-state index contributed by atoms with van der Waals surface area (Å²) in [5, 5.41) is 1.11. The third-order valence-corrected chi connectivity index (χ3v) is 4.38. The lowest BCUT2D eigenvalue weighted by atomic mass is 9.91. The lowest BCUT2D eigenvalue weighted by Crippen LogP contribution is -2.46. The molecule has 2 unspecified atom stereocenters. The van der Waals surface area contributed by atoms with Crippen molar-refractivity contribution in [3.63, 3.8) is 0 Å². The van der Waals surface area contributed by atoms with Crippen molar-refractivity contribution in [1.29, 1.82) is 0 Å². The highest BCUT2D eigenvalue weighted by atomic mass is 32.1. The lowest BCUT2D eigenvalue weighted by molar-refractivity contribution is -0.128. The van der Waals surface area contributed by atoms with Crippen molar-refractivity contribution in [2.45, 2.75) is 39.8 Å². The average molecular weight is 238 g/mol. The summed E-state index contributed by atoms with van der Waals surface area (Å²) >= 11 is 1.75. The zero-order chi connectivity index (χ0) is 11.7. The van der Waals surface area contributed by atoms with Crippen LogP contribution in [0.15, 0.2) is 6.20 Å². The van der Waals surface area contributed by atoms with Gasteiger partial charge < -0.3 is 0 Å². The summed E-state index contributed by atoms with van der Waals surface area (Å²) in [4.78, 5) is 19.5. The van der Waals surface area contributed by atoms with Crippen molar-refractivity contribution in [1.82, 2.24) is 9.88 Å². The SMILES string of the molecule is Cc1ncc(CN2CCC(=O)C(C)C2C)s1. The summed E-state index contributed by atoms with van der Waals surface area (Å²) in [6.45, 7) is 8.04. The fourth-order valence-electron chi connectivity index (χ4n) is 2.17. The third-order valence-electron chi connectivity index (χ3n) is 3.48. The molecule has 0 aromatic carbocycles. The first kappa shape index (κ1) is 11.7. The topological polar surface area (TPSA) is 33.2 Å². The molecule has 0 radical (unpaired) electrons. The molecule has 0 amide bonds. The van der Waals surface area contributed by atoms with E-state index in [0.717, 1.165) is 18.1 Å². The number of hydrogen-bond donors (Lipinski definition) is 0. The number of aryl methyl sites for hydroxylation is 1. The number of hydrogen-bond acceptors (Lipinski definition) is 4. The Morgan fingerprint density at radius 2 is 2.31 bits per heavy atom. The average Bonchev–Trinajstić information content (AvgIpc) is 2.65. The molecule has 1 fully saturated rings. The van der Waals surface area contributed by atoms with Crippen molar-refractivity contribution in [3.05, 3.63) is 16.1 Å². The molecule has 0 saturated carbocycles. The summed E-state index contributed by atoms with van der Waals surface area (Å²) in [6.07, 6.45) is 2.65. The molecule has 1 saturated heterocycles. The van der Waals surface area contributed by atoms with Crippen LogP contribution in [0.5, 0.6) is 0 Å². The molecule has 1 aliphatic rings. The Labute approximate surface area is 100 Å². The minimum atomic E-state index is 0.169. The van der Waals surface area contributed by atoms with Gasteiger partial charge in [0.25, 0.3) is 0 Å². The Hall–Kier alpha value is -0.740. The van der Waals surface area contributed by atoms with Gasteiger partial charge in [-0.15, -0.1) is 11.3 Å². The van der Waals surface area contributed by atoms with Gasteiger partial charge in [-0.05, 0) is 13.8 Å². The minimum absolute atomic E-state index is 0.169. The van der Waals surface area contributed by atoms with Crippen LogP contribution in [0.25, 0.3) is 0 Å². The molecule has 88 valence electrons. The van der Waals surface area contributed by atoms with Crippen molar-refractivity contribution in [2.75, 3.05) is 6.54 Å². The second-order valence-electron chi connectivity index (χ2n) is 4.56. The lowest BCUT2D eigenvalue weighted by Gasteiger charge is -2.36. The molecule has 0 aliphatic carbocycles. The smallest absolute Gasteiger partial charge is 0.138 e. The second kappa shape index (κ2) is 4.63. The van der Waals surface area contributed by atoms with E-state index in [0.29, 0.717) is 18.2 Å². The predicted octanol–water partition coefficient (Wildman–Crippen LogP) is 2.25. The van der Waals surface area contributed by atoms with E-state index in [1.54, 1.807) is 11.3 Å². The summed E-state index contributed by atoms with van der Waals surface area (Å²) in [5.41, 5.74) is 0. The van der Waals surface area contributed by atoms with Gasteiger partial charge in [0, 0.05) is 42.5 Å². The zero-order valence-electron chi connectivity index (χ0n) is 10.1. The van der Waals surface area contributed by atoms with Gasteiger partial charge in [0.15, 0.2) is 0 Å². The number of ketones is 1. The van der Waals surface area contributed by atoms with Crippen LogP contribution in [-0.2, 0) is 11.3 Å². The molecule has 0 spiro atoms. The summed E-state index contributed by atoms with van der Waals surface area (Å²) < 4.78 is 0. The first-order valence-electron chi connectivity index (χ1n) is 5.76. The summed E-state index contributed by atoms with van der Waals surface area (Å²) in [7, 11) is 0. The van der Waals surface area contributed by atoms with E-state index in [4.69, 9.17) is 0 Å². The highest BCUT2D eigenvalue weighted by molar-refractivity contribution is 7.11.